The van der Waals surface area contributed by atoms with Gasteiger partial charge in [0.2, 0.25) is 0 Å². The average molecular weight is 345 g/mol. The van der Waals surface area contributed by atoms with Crippen LogP contribution in [0.4, 0.5) is 10.5 Å². The van der Waals surface area contributed by atoms with E-state index in [1.54, 1.807) is 18.4 Å². The molecule has 1 saturated heterocycles. The summed E-state index contributed by atoms with van der Waals surface area (Å²) in [6.07, 6.45) is 1.09. The van der Waals surface area contributed by atoms with Crippen LogP contribution in [0.1, 0.15) is 12.0 Å². The molecule has 24 heavy (non-hydrogen) atoms. The molecule has 1 atom stereocenters. The van der Waals surface area contributed by atoms with Gasteiger partial charge >= 0.3 is 6.03 Å². The highest BCUT2D eigenvalue weighted by Crippen LogP contribution is 2.26. The Balaban J connectivity index is 1.41. The minimum absolute atomic E-state index is 0.0963. The first kappa shape index (κ1) is 16.6. The summed E-state index contributed by atoms with van der Waals surface area (Å²) in [5.41, 5.74) is 2.32. The number of carbonyl (C=O) groups is 1. The Kier molecular flexibility index (Phi) is 5.59. The second-order valence-electron chi connectivity index (χ2n) is 6.00. The van der Waals surface area contributed by atoms with E-state index in [2.05, 4.69) is 27.7 Å². The summed E-state index contributed by atoms with van der Waals surface area (Å²) in [6.45, 7) is 3.25. The van der Waals surface area contributed by atoms with E-state index >= 15 is 0 Å². The predicted molar refractivity (Wildman–Crippen MR) is 97.9 cm³/mol. The molecule has 0 saturated carbocycles. The summed E-state index contributed by atoms with van der Waals surface area (Å²) in [7, 11) is 1.69. The van der Waals surface area contributed by atoms with E-state index in [0.29, 0.717) is 19.0 Å². The second kappa shape index (κ2) is 8.06. The Labute approximate surface area is 146 Å². The molecule has 6 heteroatoms. The van der Waals surface area contributed by atoms with Gasteiger partial charge in [-0.3, -0.25) is 0 Å². The van der Waals surface area contributed by atoms with Crippen molar-refractivity contribution in [2.75, 3.05) is 31.6 Å². The maximum absolute atomic E-state index is 11.9. The van der Waals surface area contributed by atoms with Crippen LogP contribution in [0.5, 0.6) is 5.75 Å². The fourth-order valence-electron chi connectivity index (χ4n) is 2.92. The normalized spacial score (nSPS) is 16.9. The maximum atomic E-state index is 11.9. The molecule has 2 N–H and O–H groups in total. The summed E-state index contributed by atoms with van der Waals surface area (Å²) < 4.78 is 5.29. The maximum Gasteiger partial charge on any atom is 0.315 e. The number of urea groups is 1. The molecular weight excluding hydrogens is 322 g/mol. The molecule has 2 aromatic rings. The zero-order valence-corrected chi connectivity index (χ0v) is 14.6. The number of ether oxygens (including phenoxy) is 1. The standard InChI is InChI=1S/C18H23N3O2S/c1-23-17-4-2-3-16(9-17)21-7-5-14(12-21)10-19-18(22)20-11-15-6-8-24-13-15/h2-4,6,8-9,13-14H,5,7,10-12H2,1H3,(H2,19,20,22). The highest BCUT2D eigenvalue weighted by Gasteiger charge is 2.23. The van der Waals surface area contributed by atoms with Crippen molar-refractivity contribution in [3.63, 3.8) is 0 Å². The smallest absolute Gasteiger partial charge is 0.315 e. The lowest BCUT2D eigenvalue weighted by Crippen LogP contribution is -2.38. The van der Waals surface area contributed by atoms with Gasteiger partial charge in [-0.2, -0.15) is 11.3 Å². The lowest BCUT2D eigenvalue weighted by molar-refractivity contribution is 0.239. The van der Waals surface area contributed by atoms with E-state index in [1.165, 1.54) is 5.69 Å². The number of nitrogens with zero attached hydrogens (tertiary/aromatic N) is 1. The largest absolute Gasteiger partial charge is 0.497 e. The zero-order valence-electron chi connectivity index (χ0n) is 13.8. The van der Waals surface area contributed by atoms with Crippen LogP contribution in [0.3, 0.4) is 0 Å². The third kappa shape index (κ3) is 4.41. The van der Waals surface area contributed by atoms with Crippen LogP contribution >= 0.6 is 11.3 Å². The first-order valence-corrected chi connectivity index (χ1v) is 9.10. The number of benzene rings is 1. The zero-order chi connectivity index (χ0) is 16.8. The van der Waals surface area contributed by atoms with Crippen molar-refractivity contribution < 1.29 is 9.53 Å². The molecule has 1 unspecified atom stereocenters. The van der Waals surface area contributed by atoms with Gasteiger partial charge in [0, 0.05) is 37.9 Å². The van der Waals surface area contributed by atoms with Gasteiger partial charge < -0.3 is 20.3 Å². The number of methoxy groups -OCH3 is 1. The summed E-state index contributed by atoms with van der Waals surface area (Å²) in [6, 6.07) is 10.1. The fraction of sp³-hybridized carbons (Fsp3) is 0.389. The van der Waals surface area contributed by atoms with Gasteiger partial charge in [0.15, 0.2) is 0 Å². The van der Waals surface area contributed by atoms with Crippen LogP contribution in [-0.2, 0) is 6.54 Å². The van der Waals surface area contributed by atoms with Crippen molar-refractivity contribution in [1.82, 2.24) is 10.6 Å². The van der Waals surface area contributed by atoms with E-state index in [0.717, 1.165) is 30.8 Å². The van der Waals surface area contributed by atoms with Gasteiger partial charge in [-0.05, 0) is 46.9 Å². The minimum Gasteiger partial charge on any atom is -0.497 e. The molecule has 0 aliphatic carbocycles. The Bertz CT molecular complexity index is 660. The van der Waals surface area contributed by atoms with Gasteiger partial charge in [0.05, 0.1) is 7.11 Å². The van der Waals surface area contributed by atoms with Crippen LogP contribution in [0.2, 0.25) is 0 Å². The van der Waals surface area contributed by atoms with Gasteiger partial charge in [-0.1, -0.05) is 6.07 Å². The summed E-state index contributed by atoms with van der Waals surface area (Å²) in [4.78, 5) is 14.2. The molecule has 1 aliphatic rings. The van der Waals surface area contributed by atoms with E-state index in [-0.39, 0.29) is 6.03 Å². The lowest BCUT2D eigenvalue weighted by Gasteiger charge is -2.19. The van der Waals surface area contributed by atoms with Crippen molar-refractivity contribution >= 4 is 23.1 Å². The number of rotatable bonds is 6. The lowest BCUT2D eigenvalue weighted by atomic mass is 10.1. The monoisotopic (exact) mass is 345 g/mol. The number of nitrogens with one attached hydrogen (secondary N) is 2. The number of carbonyl (C=O) groups excluding carboxylic acids is 1. The topological polar surface area (TPSA) is 53.6 Å². The van der Waals surface area contributed by atoms with Crippen molar-refractivity contribution in [3.8, 4) is 5.75 Å². The molecule has 0 radical (unpaired) electrons. The molecule has 2 amide bonds. The number of hydrogen-bond donors (Lipinski definition) is 2. The number of amides is 2. The molecule has 1 aliphatic heterocycles. The van der Waals surface area contributed by atoms with Crippen molar-refractivity contribution in [2.45, 2.75) is 13.0 Å². The van der Waals surface area contributed by atoms with Crippen molar-refractivity contribution in [1.29, 1.82) is 0 Å². The Morgan fingerprint density at radius 2 is 2.29 bits per heavy atom. The van der Waals surface area contributed by atoms with E-state index in [9.17, 15) is 4.79 Å². The van der Waals surface area contributed by atoms with Crippen LogP contribution in [0.25, 0.3) is 0 Å². The third-order valence-electron chi connectivity index (χ3n) is 4.29. The summed E-state index contributed by atoms with van der Waals surface area (Å²) in [5.74, 6) is 1.35. The first-order valence-electron chi connectivity index (χ1n) is 8.16. The van der Waals surface area contributed by atoms with E-state index in [1.807, 2.05) is 29.0 Å². The molecule has 0 spiro atoms. The highest BCUT2D eigenvalue weighted by molar-refractivity contribution is 7.07. The van der Waals surface area contributed by atoms with Crippen LogP contribution in [-0.4, -0.2) is 32.8 Å². The molecule has 1 aromatic heterocycles. The first-order chi connectivity index (χ1) is 11.7. The third-order valence-corrected chi connectivity index (χ3v) is 5.02. The van der Waals surface area contributed by atoms with Crippen LogP contribution in [0.15, 0.2) is 41.1 Å². The van der Waals surface area contributed by atoms with Crippen molar-refractivity contribution in [2.24, 2.45) is 5.92 Å². The van der Waals surface area contributed by atoms with Crippen molar-refractivity contribution in [3.05, 3.63) is 46.7 Å². The van der Waals surface area contributed by atoms with Gasteiger partial charge in [0.1, 0.15) is 5.75 Å². The summed E-state index contributed by atoms with van der Waals surface area (Å²) in [5, 5.41) is 9.94. The molecule has 3 rings (SSSR count). The van der Waals surface area contributed by atoms with Crippen LogP contribution < -0.4 is 20.3 Å². The Morgan fingerprint density at radius 3 is 3.08 bits per heavy atom. The second-order valence-corrected chi connectivity index (χ2v) is 6.78. The molecule has 128 valence electrons. The Morgan fingerprint density at radius 1 is 1.38 bits per heavy atom. The molecule has 1 aromatic carbocycles. The van der Waals surface area contributed by atoms with E-state index in [4.69, 9.17) is 4.74 Å². The van der Waals surface area contributed by atoms with E-state index < -0.39 is 0 Å². The molecule has 1 fully saturated rings. The number of thiophene rings is 1. The quantitative estimate of drug-likeness (QED) is 0.846. The number of hydrogen-bond acceptors (Lipinski definition) is 4. The molecule has 2 heterocycles. The molecule has 5 nitrogen and oxygen atoms in total. The summed E-state index contributed by atoms with van der Waals surface area (Å²) >= 11 is 1.64. The fourth-order valence-corrected chi connectivity index (χ4v) is 3.58. The van der Waals surface area contributed by atoms with Gasteiger partial charge in [-0.25, -0.2) is 4.79 Å². The average Bonchev–Trinajstić information content (AvgIpc) is 3.30. The minimum atomic E-state index is -0.0963. The number of anilines is 1. The highest BCUT2D eigenvalue weighted by atomic mass is 32.1. The van der Waals surface area contributed by atoms with Gasteiger partial charge in [-0.15, -0.1) is 0 Å². The predicted octanol–water partition coefficient (Wildman–Crippen LogP) is 3.08. The SMILES string of the molecule is COc1cccc(N2CCC(CNC(=O)NCc3ccsc3)C2)c1. The molecular formula is C18H23N3O2S. The van der Waals surface area contributed by atoms with Crippen LogP contribution in [0, 0.1) is 5.92 Å². The molecule has 0 bridgehead atoms. The Hall–Kier alpha value is -2.21. The van der Waals surface area contributed by atoms with Gasteiger partial charge in [0.25, 0.3) is 0 Å².